The van der Waals surface area contributed by atoms with Crippen molar-refractivity contribution >= 4 is 15.9 Å². The maximum absolute atomic E-state index is 12.4. The molecular formula is C21H26N2O4S. The quantitative estimate of drug-likeness (QED) is 0.711. The molecule has 150 valence electrons. The standard InChI is InChI=1S/C21H26N2O4S/c1-16-6-8-17(9-7-16)14-22-21(24)15-27-19-10-12-20(13-11-19)28(25,26)23-18-4-2-3-5-18/h6-13,18,23H,2-5,14-15H2,1H3,(H,22,24). The number of rotatable bonds is 8. The Balaban J connectivity index is 1.47. The zero-order valence-corrected chi connectivity index (χ0v) is 16.8. The minimum absolute atomic E-state index is 0.0261. The molecule has 0 unspecified atom stereocenters. The van der Waals surface area contributed by atoms with Crippen molar-refractivity contribution in [1.29, 1.82) is 0 Å². The van der Waals surface area contributed by atoms with E-state index in [-0.39, 0.29) is 23.5 Å². The van der Waals surface area contributed by atoms with E-state index in [1.807, 2.05) is 31.2 Å². The van der Waals surface area contributed by atoms with Crippen molar-refractivity contribution in [3.05, 3.63) is 59.7 Å². The maximum Gasteiger partial charge on any atom is 0.258 e. The number of aryl methyl sites for hydroxylation is 1. The van der Waals surface area contributed by atoms with Gasteiger partial charge in [0.05, 0.1) is 4.90 Å². The molecule has 1 fully saturated rings. The van der Waals surface area contributed by atoms with Crippen molar-refractivity contribution in [2.24, 2.45) is 0 Å². The molecule has 0 atom stereocenters. The molecule has 1 saturated carbocycles. The SMILES string of the molecule is Cc1ccc(CNC(=O)COc2ccc(S(=O)(=O)NC3CCCC3)cc2)cc1. The molecule has 0 spiro atoms. The van der Waals surface area contributed by atoms with Crippen molar-refractivity contribution in [3.63, 3.8) is 0 Å². The summed E-state index contributed by atoms with van der Waals surface area (Å²) in [7, 11) is -3.52. The van der Waals surface area contributed by atoms with Gasteiger partial charge in [-0.2, -0.15) is 0 Å². The van der Waals surface area contributed by atoms with Crippen molar-refractivity contribution < 1.29 is 17.9 Å². The lowest BCUT2D eigenvalue weighted by Gasteiger charge is -2.13. The average molecular weight is 403 g/mol. The molecule has 6 nitrogen and oxygen atoms in total. The Labute approximate surface area is 166 Å². The number of hydrogen-bond acceptors (Lipinski definition) is 4. The van der Waals surface area contributed by atoms with Crippen LogP contribution in [0.2, 0.25) is 0 Å². The first-order chi connectivity index (χ1) is 13.4. The van der Waals surface area contributed by atoms with Gasteiger partial charge in [-0.05, 0) is 49.6 Å². The van der Waals surface area contributed by atoms with Gasteiger partial charge in [0, 0.05) is 12.6 Å². The molecule has 2 aromatic carbocycles. The fraction of sp³-hybridized carbons (Fsp3) is 0.381. The second-order valence-electron chi connectivity index (χ2n) is 7.13. The summed E-state index contributed by atoms with van der Waals surface area (Å²) in [5.41, 5.74) is 2.19. The van der Waals surface area contributed by atoms with Gasteiger partial charge >= 0.3 is 0 Å². The van der Waals surface area contributed by atoms with Gasteiger partial charge in [0.2, 0.25) is 10.0 Å². The molecule has 2 N–H and O–H groups in total. The number of nitrogens with one attached hydrogen (secondary N) is 2. The van der Waals surface area contributed by atoms with Crippen LogP contribution in [0.25, 0.3) is 0 Å². The van der Waals surface area contributed by atoms with Crippen molar-refractivity contribution in [2.75, 3.05) is 6.61 Å². The molecule has 2 aromatic rings. The second-order valence-corrected chi connectivity index (χ2v) is 8.84. The van der Waals surface area contributed by atoms with Crippen LogP contribution in [0.15, 0.2) is 53.4 Å². The third-order valence-electron chi connectivity index (χ3n) is 4.79. The molecule has 1 aliphatic rings. The average Bonchev–Trinajstić information content (AvgIpc) is 3.18. The van der Waals surface area contributed by atoms with E-state index in [9.17, 15) is 13.2 Å². The number of ether oxygens (including phenoxy) is 1. The molecular weight excluding hydrogens is 376 g/mol. The van der Waals surface area contributed by atoms with E-state index in [2.05, 4.69) is 10.0 Å². The lowest BCUT2D eigenvalue weighted by atomic mass is 10.1. The van der Waals surface area contributed by atoms with E-state index in [4.69, 9.17) is 4.74 Å². The van der Waals surface area contributed by atoms with Crippen LogP contribution in [-0.2, 0) is 21.4 Å². The van der Waals surface area contributed by atoms with Crippen molar-refractivity contribution in [3.8, 4) is 5.75 Å². The number of amides is 1. The monoisotopic (exact) mass is 402 g/mol. The van der Waals surface area contributed by atoms with Crippen LogP contribution in [0.3, 0.4) is 0 Å². The molecule has 0 heterocycles. The largest absolute Gasteiger partial charge is 0.484 e. The summed E-state index contributed by atoms with van der Waals surface area (Å²) in [6.45, 7) is 2.32. The molecule has 3 rings (SSSR count). The van der Waals surface area contributed by atoms with Crippen LogP contribution in [0.1, 0.15) is 36.8 Å². The van der Waals surface area contributed by atoms with E-state index in [1.165, 1.54) is 17.7 Å². The van der Waals surface area contributed by atoms with Gasteiger partial charge in [0.1, 0.15) is 5.75 Å². The third-order valence-corrected chi connectivity index (χ3v) is 6.33. The molecule has 1 amide bonds. The maximum atomic E-state index is 12.4. The van der Waals surface area contributed by atoms with E-state index in [1.54, 1.807) is 12.1 Å². The zero-order chi connectivity index (χ0) is 20.0. The normalized spacial score (nSPS) is 14.8. The molecule has 0 aromatic heterocycles. The smallest absolute Gasteiger partial charge is 0.258 e. The molecule has 0 aliphatic heterocycles. The topological polar surface area (TPSA) is 84.5 Å². The van der Waals surface area contributed by atoms with Crippen molar-refractivity contribution in [2.45, 2.75) is 50.1 Å². The molecule has 28 heavy (non-hydrogen) atoms. The summed E-state index contributed by atoms with van der Waals surface area (Å²) in [6.07, 6.45) is 3.90. The fourth-order valence-corrected chi connectivity index (χ4v) is 4.46. The van der Waals surface area contributed by atoms with E-state index >= 15 is 0 Å². The summed E-state index contributed by atoms with van der Waals surface area (Å²) in [5.74, 6) is 0.213. The molecule has 0 saturated heterocycles. The molecule has 0 radical (unpaired) electrons. The highest BCUT2D eigenvalue weighted by Gasteiger charge is 2.22. The third kappa shape index (κ3) is 5.81. The first kappa shape index (κ1) is 20.4. The van der Waals surface area contributed by atoms with E-state index in [0.29, 0.717) is 12.3 Å². The lowest BCUT2D eigenvalue weighted by Crippen LogP contribution is -2.32. The van der Waals surface area contributed by atoms with Crippen LogP contribution in [0, 0.1) is 6.92 Å². The summed E-state index contributed by atoms with van der Waals surface area (Å²) < 4.78 is 33.0. The van der Waals surface area contributed by atoms with Crippen LogP contribution in [0.4, 0.5) is 0 Å². The first-order valence-corrected chi connectivity index (χ1v) is 11.0. The van der Waals surface area contributed by atoms with Crippen LogP contribution in [0.5, 0.6) is 5.75 Å². The van der Waals surface area contributed by atoms with Gasteiger partial charge < -0.3 is 10.1 Å². The number of carbonyl (C=O) groups excluding carboxylic acids is 1. The Morgan fingerprint density at radius 3 is 2.32 bits per heavy atom. The van der Waals surface area contributed by atoms with Gasteiger partial charge in [-0.15, -0.1) is 0 Å². The summed E-state index contributed by atoms with van der Waals surface area (Å²) >= 11 is 0. The van der Waals surface area contributed by atoms with E-state index < -0.39 is 10.0 Å². The first-order valence-electron chi connectivity index (χ1n) is 9.50. The Bertz CT molecular complexity index is 887. The Hall–Kier alpha value is -2.38. The predicted octanol–water partition coefficient (Wildman–Crippen LogP) is 2.91. The van der Waals surface area contributed by atoms with Gasteiger partial charge in [-0.3, -0.25) is 4.79 Å². The Kier molecular flexibility index (Phi) is 6.70. The van der Waals surface area contributed by atoms with Crippen molar-refractivity contribution in [1.82, 2.24) is 10.0 Å². The fourth-order valence-electron chi connectivity index (χ4n) is 3.15. The Morgan fingerprint density at radius 1 is 1.04 bits per heavy atom. The molecule has 7 heteroatoms. The zero-order valence-electron chi connectivity index (χ0n) is 16.0. The Morgan fingerprint density at radius 2 is 1.68 bits per heavy atom. The van der Waals surface area contributed by atoms with Gasteiger partial charge in [0.15, 0.2) is 6.61 Å². The number of hydrogen-bond donors (Lipinski definition) is 2. The van der Waals surface area contributed by atoms with Crippen LogP contribution >= 0.6 is 0 Å². The van der Waals surface area contributed by atoms with Crippen LogP contribution in [-0.4, -0.2) is 27.0 Å². The van der Waals surface area contributed by atoms with E-state index in [0.717, 1.165) is 31.2 Å². The predicted molar refractivity (Wildman–Crippen MR) is 108 cm³/mol. The number of benzene rings is 2. The van der Waals surface area contributed by atoms with Gasteiger partial charge in [-0.25, -0.2) is 13.1 Å². The highest BCUT2D eigenvalue weighted by molar-refractivity contribution is 7.89. The van der Waals surface area contributed by atoms with Gasteiger partial charge in [0.25, 0.3) is 5.91 Å². The highest BCUT2D eigenvalue weighted by atomic mass is 32.2. The van der Waals surface area contributed by atoms with Crippen LogP contribution < -0.4 is 14.8 Å². The number of sulfonamides is 1. The summed E-state index contributed by atoms with van der Waals surface area (Å²) in [6, 6.07) is 14.1. The van der Waals surface area contributed by atoms with Gasteiger partial charge in [-0.1, -0.05) is 42.7 Å². The number of carbonyl (C=O) groups is 1. The highest BCUT2D eigenvalue weighted by Crippen LogP contribution is 2.21. The second kappa shape index (κ2) is 9.21. The summed E-state index contributed by atoms with van der Waals surface area (Å²) in [5, 5.41) is 2.79. The minimum atomic E-state index is -3.52. The summed E-state index contributed by atoms with van der Waals surface area (Å²) in [4.78, 5) is 12.1. The minimum Gasteiger partial charge on any atom is -0.484 e. The molecule has 0 bridgehead atoms. The molecule has 1 aliphatic carbocycles. The lowest BCUT2D eigenvalue weighted by molar-refractivity contribution is -0.123.